The van der Waals surface area contributed by atoms with Gasteiger partial charge in [-0.15, -0.1) is 0 Å². The predicted molar refractivity (Wildman–Crippen MR) is 120 cm³/mol. The van der Waals surface area contributed by atoms with Crippen LogP contribution in [0.25, 0.3) is 16.8 Å². The van der Waals surface area contributed by atoms with Crippen LogP contribution in [0.4, 0.5) is 0 Å². The average Bonchev–Trinajstić information content (AvgIpc) is 2.79. The van der Waals surface area contributed by atoms with Gasteiger partial charge in [-0.2, -0.15) is 0 Å². The molecule has 0 aliphatic carbocycles. The largest absolute Gasteiger partial charge is 0.473 e. The van der Waals surface area contributed by atoms with E-state index in [4.69, 9.17) is 4.74 Å². The van der Waals surface area contributed by atoms with Crippen molar-refractivity contribution in [1.29, 1.82) is 0 Å². The first-order valence-electron chi connectivity index (χ1n) is 9.57. The standard InChI is InChI=1S/C26H20O2S/c1-29(27)22-14-12-21(13-15-22)26(20-8-3-2-4-9-20)18-17-24-23-10-6-5-7-19(23)11-16-25(24)28-26/h2-18H,1H3. The second-order valence-corrected chi connectivity index (χ2v) is 8.59. The van der Waals surface area contributed by atoms with Crippen LogP contribution in [0.1, 0.15) is 16.7 Å². The van der Waals surface area contributed by atoms with Gasteiger partial charge in [0.15, 0.2) is 5.60 Å². The maximum Gasteiger partial charge on any atom is 0.178 e. The number of fused-ring (bicyclic) bond motifs is 3. The molecule has 0 spiro atoms. The second-order valence-electron chi connectivity index (χ2n) is 7.21. The third kappa shape index (κ3) is 2.99. The van der Waals surface area contributed by atoms with E-state index in [9.17, 15) is 4.21 Å². The molecule has 3 heteroatoms. The molecular weight excluding hydrogens is 376 g/mol. The second kappa shape index (κ2) is 7.02. The highest BCUT2D eigenvalue weighted by Crippen LogP contribution is 2.44. The maximum absolute atomic E-state index is 11.8. The van der Waals surface area contributed by atoms with Crippen LogP contribution in [0.2, 0.25) is 0 Å². The van der Waals surface area contributed by atoms with Crippen LogP contribution in [0.15, 0.2) is 102 Å². The molecule has 0 fully saturated rings. The molecule has 29 heavy (non-hydrogen) atoms. The summed E-state index contributed by atoms with van der Waals surface area (Å²) in [5.41, 5.74) is 2.43. The molecule has 2 atom stereocenters. The molecule has 2 nitrogen and oxygen atoms in total. The summed E-state index contributed by atoms with van der Waals surface area (Å²) in [6.07, 6.45) is 6.00. The molecule has 1 aliphatic heterocycles. The summed E-state index contributed by atoms with van der Waals surface area (Å²) in [4.78, 5) is 0.808. The van der Waals surface area contributed by atoms with Gasteiger partial charge in [0.1, 0.15) is 5.75 Å². The third-order valence-electron chi connectivity index (χ3n) is 5.50. The van der Waals surface area contributed by atoms with Crippen LogP contribution >= 0.6 is 0 Å². The van der Waals surface area contributed by atoms with Crippen molar-refractivity contribution in [1.82, 2.24) is 0 Å². The Balaban J connectivity index is 1.70. The molecule has 0 N–H and O–H groups in total. The van der Waals surface area contributed by atoms with Gasteiger partial charge < -0.3 is 4.74 Å². The molecule has 5 rings (SSSR count). The van der Waals surface area contributed by atoms with E-state index in [0.717, 1.165) is 27.3 Å². The van der Waals surface area contributed by atoms with Crippen molar-refractivity contribution < 1.29 is 8.95 Å². The first-order chi connectivity index (χ1) is 14.2. The number of rotatable bonds is 3. The molecule has 0 amide bonds. The highest BCUT2D eigenvalue weighted by Gasteiger charge is 2.37. The summed E-state index contributed by atoms with van der Waals surface area (Å²) in [5.74, 6) is 0.859. The lowest BCUT2D eigenvalue weighted by molar-refractivity contribution is 0.161. The molecule has 142 valence electrons. The zero-order valence-corrected chi connectivity index (χ0v) is 16.9. The van der Waals surface area contributed by atoms with E-state index in [-0.39, 0.29) is 0 Å². The van der Waals surface area contributed by atoms with Crippen LogP contribution < -0.4 is 4.74 Å². The van der Waals surface area contributed by atoms with Crippen molar-refractivity contribution in [3.8, 4) is 5.75 Å². The fourth-order valence-corrected chi connectivity index (χ4v) is 4.52. The van der Waals surface area contributed by atoms with E-state index in [1.165, 1.54) is 10.8 Å². The van der Waals surface area contributed by atoms with Gasteiger partial charge in [0.05, 0.1) is 0 Å². The lowest BCUT2D eigenvalue weighted by Gasteiger charge is -2.36. The molecule has 0 bridgehead atoms. The van der Waals surface area contributed by atoms with Gasteiger partial charge in [-0.05, 0) is 41.1 Å². The normalized spacial score (nSPS) is 18.8. The molecule has 4 aromatic carbocycles. The fourth-order valence-electron chi connectivity index (χ4n) is 4.00. The molecule has 4 aromatic rings. The minimum atomic E-state index is -1.01. The van der Waals surface area contributed by atoms with E-state index in [1.54, 1.807) is 6.26 Å². The Morgan fingerprint density at radius 3 is 2.21 bits per heavy atom. The van der Waals surface area contributed by atoms with Gasteiger partial charge in [-0.25, -0.2) is 0 Å². The Bertz CT molecular complexity index is 1240. The molecule has 0 saturated heterocycles. The van der Waals surface area contributed by atoms with E-state index in [2.05, 4.69) is 54.6 Å². The van der Waals surface area contributed by atoms with Gasteiger partial charge >= 0.3 is 0 Å². The molecule has 1 heterocycles. The molecule has 0 radical (unpaired) electrons. The van der Waals surface area contributed by atoms with Crippen molar-refractivity contribution in [3.05, 3.63) is 114 Å². The molecular formula is C26H20O2S. The van der Waals surface area contributed by atoms with Crippen molar-refractivity contribution in [2.45, 2.75) is 10.5 Å². The van der Waals surface area contributed by atoms with Crippen molar-refractivity contribution in [2.24, 2.45) is 0 Å². The quantitative estimate of drug-likeness (QED) is 0.429. The number of benzene rings is 4. The van der Waals surface area contributed by atoms with Gasteiger partial charge in [-0.3, -0.25) is 4.21 Å². The highest BCUT2D eigenvalue weighted by atomic mass is 32.2. The Labute approximate surface area is 172 Å². The van der Waals surface area contributed by atoms with Crippen LogP contribution in [0.3, 0.4) is 0 Å². The van der Waals surface area contributed by atoms with Crippen LogP contribution in [0.5, 0.6) is 5.75 Å². The SMILES string of the molecule is CS(=O)c1ccc(C2(c3ccccc3)C=Cc3c(ccc4ccccc34)O2)cc1. The zero-order valence-electron chi connectivity index (χ0n) is 16.0. The zero-order chi connectivity index (χ0) is 19.8. The van der Waals surface area contributed by atoms with E-state index in [1.807, 2.05) is 48.5 Å². The summed E-state index contributed by atoms with van der Waals surface area (Å²) in [7, 11) is -1.01. The van der Waals surface area contributed by atoms with Crippen molar-refractivity contribution in [2.75, 3.05) is 6.26 Å². The first-order valence-corrected chi connectivity index (χ1v) is 11.1. The monoisotopic (exact) mass is 396 g/mol. The Hall–Kier alpha value is -3.17. The predicted octanol–water partition coefficient (Wildman–Crippen LogP) is 5.93. The van der Waals surface area contributed by atoms with Gasteiger partial charge in [0.2, 0.25) is 0 Å². The van der Waals surface area contributed by atoms with Crippen molar-refractivity contribution >= 4 is 27.6 Å². The Kier molecular flexibility index (Phi) is 4.33. The fraction of sp³-hybridized carbons (Fsp3) is 0.0769. The van der Waals surface area contributed by atoms with Crippen LogP contribution in [-0.2, 0) is 16.4 Å². The lowest BCUT2D eigenvalue weighted by Crippen LogP contribution is -2.34. The molecule has 0 aromatic heterocycles. The molecule has 1 aliphatic rings. The summed E-state index contributed by atoms with van der Waals surface area (Å²) in [6, 6.07) is 30.6. The minimum Gasteiger partial charge on any atom is -0.473 e. The number of hydrogen-bond acceptors (Lipinski definition) is 2. The smallest absolute Gasteiger partial charge is 0.178 e. The highest BCUT2D eigenvalue weighted by molar-refractivity contribution is 7.84. The molecule has 2 unspecified atom stereocenters. The maximum atomic E-state index is 11.8. The summed E-state index contributed by atoms with van der Waals surface area (Å²) in [6.45, 7) is 0. The number of ether oxygens (including phenoxy) is 1. The third-order valence-corrected chi connectivity index (χ3v) is 6.44. The topological polar surface area (TPSA) is 26.3 Å². The molecule has 0 saturated carbocycles. The van der Waals surface area contributed by atoms with Gasteiger partial charge in [0, 0.05) is 38.6 Å². The average molecular weight is 397 g/mol. The minimum absolute atomic E-state index is 0.732. The van der Waals surface area contributed by atoms with E-state index >= 15 is 0 Å². The Morgan fingerprint density at radius 1 is 0.759 bits per heavy atom. The van der Waals surface area contributed by atoms with E-state index < -0.39 is 16.4 Å². The van der Waals surface area contributed by atoms with Gasteiger partial charge in [-0.1, -0.05) is 72.8 Å². The van der Waals surface area contributed by atoms with Crippen LogP contribution in [-0.4, -0.2) is 10.5 Å². The van der Waals surface area contributed by atoms with E-state index in [0.29, 0.717) is 0 Å². The van der Waals surface area contributed by atoms with Crippen molar-refractivity contribution in [3.63, 3.8) is 0 Å². The summed E-state index contributed by atoms with van der Waals surface area (Å²) >= 11 is 0. The van der Waals surface area contributed by atoms with Gasteiger partial charge in [0.25, 0.3) is 0 Å². The number of hydrogen-bond donors (Lipinski definition) is 0. The Morgan fingerprint density at radius 2 is 1.45 bits per heavy atom. The lowest BCUT2D eigenvalue weighted by atomic mass is 9.83. The summed E-state index contributed by atoms with van der Waals surface area (Å²) in [5, 5.41) is 2.38. The van der Waals surface area contributed by atoms with Crippen LogP contribution in [0, 0.1) is 0 Å². The first kappa shape index (κ1) is 17.9. The summed E-state index contributed by atoms with van der Waals surface area (Å²) < 4.78 is 18.6.